The van der Waals surface area contributed by atoms with Crippen molar-refractivity contribution < 1.29 is 19.5 Å². The summed E-state index contributed by atoms with van der Waals surface area (Å²) in [6.45, 7) is 9.94. The van der Waals surface area contributed by atoms with Crippen molar-refractivity contribution in [2.75, 3.05) is 5.32 Å². The van der Waals surface area contributed by atoms with Gasteiger partial charge in [0.25, 0.3) is 5.91 Å². The van der Waals surface area contributed by atoms with Gasteiger partial charge < -0.3 is 16.2 Å². The van der Waals surface area contributed by atoms with Gasteiger partial charge in [-0.25, -0.2) is 0 Å². The van der Waals surface area contributed by atoms with Gasteiger partial charge in [0.05, 0.1) is 17.4 Å². The van der Waals surface area contributed by atoms with Crippen LogP contribution in [0.25, 0.3) is 11.1 Å². The van der Waals surface area contributed by atoms with Crippen molar-refractivity contribution in [1.29, 1.82) is 0 Å². The van der Waals surface area contributed by atoms with Crippen molar-refractivity contribution in [1.82, 2.24) is 0 Å². The number of carboxylic acid groups (broad SMARTS) is 1. The first kappa shape index (κ1) is 23.7. The van der Waals surface area contributed by atoms with Crippen LogP contribution in [-0.2, 0) is 9.59 Å². The van der Waals surface area contributed by atoms with Crippen LogP contribution in [0.1, 0.15) is 67.3 Å². The van der Waals surface area contributed by atoms with Crippen LogP contribution in [0.15, 0.2) is 35.4 Å². The van der Waals surface area contributed by atoms with E-state index in [1.54, 1.807) is 0 Å². The number of hydrogen-bond acceptors (Lipinski definition) is 4. The Balaban J connectivity index is 1.97. The Morgan fingerprint density at radius 2 is 1.59 bits per heavy atom. The van der Waals surface area contributed by atoms with Crippen molar-refractivity contribution in [3.8, 4) is 11.1 Å². The molecular weight excluding hydrogens is 424 g/mol. The van der Waals surface area contributed by atoms with E-state index in [0.717, 1.165) is 21.6 Å². The molecule has 0 saturated heterocycles. The zero-order valence-corrected chi connectivity index (χ0v) is 19.9. The fraction of sp³-hybridized carbons (Fsp3) is 0.400. The Bertz CT molecular complexity index is 1100. The minimum atomic E-state index is -0.986. The SMILES string of the molecule is CC1=C(C)C[C@@H](C(=O)Nc2sc(C)c(-c3ccc(C(C)C)cc3)c2C(N)=O)[C@H](C(=O)O)C1. The standard InChI is InChI=1S/C25H30N2O4S/c1-12(2)16-6-8-17(9-7-16)20-15(5)32-24(21(20)22(26)28)27-23(29)18-10-13(3)14(4)11-19(18)25(30)31/h6-9,12,18-19H,10-11H2,1-5H3,(H2,26,28)(H,27,29)(H,30,31)/t18-,19-/m1/s1. The number of amides is 2. The van der Waals surface area contributed by atoms with E-state index < -0.39 is 29.6 Å². The van der Waals surface area contributed by atoms with E-state index in [9.17, 15) is 19.5 Å². The second kappa shape index (κ2) is 9.28. The van der Waals surface area contributed by atoms with Gasteiger partial charge in [0, 0.05) is 10.4 Å². The lowest BCUT2D eigenvalue weighted by atomic mass is 9.76. The highest BCUT2D eigenvalue weighted by Crippen LogP contribution is 2.41. The third-order valence-electron chi connectivity index (χ3n) is 6.35. The quantitative estimate of drug-likeness (QED) is 0.512. The lowest BCUT2D eigenvalue weighted by Gasteiger charge is -2.29. The van der Waals surface area contributed by atoms with Gasteiger partial charge >= 0.3 is 5.97 Å². The number of aryl methyl sites for hydroxylation is 1. The highest BCUT2D eigenvalue weighted by molar-refractivity contribution is 7.17. The number of hydrogen-bond donors (Lipinski definition) is 3. The Labute approximate surface area is 192 Å². The van der Waals surface area contributed by atoms with E-state index in [1.165, 1.54) is 16.9 Å². The van der Waals surface area contributed by atoms with Gasteiger partial charge in [-0.1, -0.05) is 49.3 Å². The third kappa shape index (κ3) is 4.63. The number of carbonyl (C=O) groups is 3. The molecule has 0 saturated carbocycles. The molecule has 0 unspecified atom stereocenters. The largest absolute Gasteiger partial charge is 0.481 e. The van der Waals surface area contributed by atoms with Crippen molar-refractivity contribution >= 4 is 34.1 Å². The molecule has 3 rings (SSSR count). The van der Waals surface area contributed by atoms with Gasteiger partial charge in [-0.15, -0.1) is 11.3 Å². The molecule has 32 heavy (non-hydrogen) atoms. The Hall–Kier alpha value is -2.93. The monoisotopic (exact) mass is 454 g/mol. The topological polar surface area (TPSA) is 109 Å². The van der Waals surface area contributed by atoms with E-state index in [1.807, 2.05) is 45.0 Å². The molecule has 0 aliphatic heterocycles. The first-order valence-electron chi connectivity index (χ1n) is 10.7. The summed E-state index contributed by atoms with van der Waals surface area (Å²) in [6, 6.07) is 7.97. The van der Waals surface area contributed by atoms with E-state index in [2.05, 4.69) is 19.2 Å². The number of carbonyl (C=O) groups excluding carboxylic acids is 2. The average Bonchev–Trinajstić information content (AvgIpc) is 3.05. The first-order valence-corrected chi connectivity index (χ1v) is 11.5. The summed E-state index contributed by atoms with van der Waals surface area (Å²) in [4.78, 5) is 38.2. The number of thiophene rings is 1. The second-order valence-electron chi connectivity index (χ2n) is 8.89. The minimum absolute atomic E-state index is 0.268. The molecule has 1 aliphatic rings. The maximum absolute atomic E-state index is 13.1. The van der Waals surface area contributed by atoms with Crippen LogP contribution >= 0.6 is 11.3 Å². The molecule has 6 nitrogen and oxygen atoms in total. The van der Waals surface area contributed by atoms with Crippen LogP contribution in [0.3, 0.4) is 0 Å². The summed E-state index contributed by atoms with van der Waals surface area (Å²) < 4.78 is 0. The number of anilines is 1. The van der Waals surface area contributed by atoms with Gasteiger partial charge in [0.1, 0.15) is 5.00 Å². The maximum Gasteiger partial charge on any atom is 0.307 e. The summed E-state index contributed by atoms with van der Waals surface area (Å²) in [5.41, 5.74) is 10.8. The summed E-state index contributed by atoms with van der Waals surface area (Å²) in [7, 11) is 0. The van der Waals surface area contributed by atoms with E-state index in [4.69, 9.17) is 5.73 Å². The molecule has 7 heteroatoms. The normalized spacial score (nSPS) is 18.7. The number of rotatable bonds is 6. The van der Waals surface area contributed by atoms with Crippen LogP contribution in [0, 0.1) is 18.8 Å². The molecule has 1 aromatic heterocycles. The number of allylic oxidation sites excluding steroid dienone is 2. The molecule has 170 valence electrons. The van der Waals surface area contributed by atoms with Crippen LogP contribution in [-0.4, -0.2) is 22.9 Å². The zero-order valence-electron chi connectivity index (χ0n) is 19.1. The first-order chi connectivity index (χ1) is 15.0. The Morgan fingerprint density at radius 3 is 2.09 bits per heavy atom. The number of carboxylic acids is 1. The van der Waals surface area contributed by atoms with E-state index in [0.29, 0.717) is 29.3 Å². The fourth-order valence-electron chi connectivity index (χ4n) is 4.28. The van der Waals surface area contributed by atoms with Crippen LogP contribution in [0.4, 0.5) is 5.00 Å². The molecule has 2 atom stereocenters. The molecule has 1 aromatic carbocycles. The highest BCUT2D eigenvalue weighted by atomic mass is 32.1. The summed E-state index contributed by atoms with van der Waals surface area (Å²) in [6.07, 6.45) is 0.729. The lowest BCUT2D eigenvalue weighted by molar-refractivity contribution is -0.146. The molecule has 1 heterocycles. The summed E-state index contributed by atoms with van der Waals surface area (Å²) in [5.74, 6) is -3.11. The zero-order chi connectivity index (χ0) is 23.7. The molecule has 1 aliphatic carbocycles. The number of nitrogens with two attached hydrogens (primary N) is 1. The molecule has 2 aromatic rings. The number of nitrogens with one attached hydrogen (secondary N) is 1. The predicted octanol–water partition coefficient (Wildman–Crippen LogP) is 5.33. The third-order valence-corrected chi connectivity index (χ3v) is 7.37. The van der Waals surface area contributed by atoms with Crippen molar-refractivity contribution in [3.63, 3.8) is 0 Å². The molecule has 0 spiro atoms. The van der Waals surface area contributed by atoms with Crippen molar-refractivity contribution in [2.45, 2.75) is 53.4 Å². The number of primary amides is 1. The smallest absolute Gasteiger partial charge is 0.307 e. The van der Waals surface area contributed by atoms with E-state index >= 15 is 0 Å². The second-order valence-corrected chi connectivity index (χ2v) is 10.1. The van der Waals surface area contributed by atoms with Gasteiger partial charge in [0.15, 0.2) is 0 Å². The lowest BCUT2D eigenvalue weighted by Crippen LogP contribution is -2.36. The number of benzene rings is 1. The van der Waals surface area contributed by atoms with Crippen LogP contribution in [0.5, 0.6) is 0 Å². The molecule has 2 amide bonds. The van der Waals surface area contributed by atoms with Gasteiger partial charge in [-0.05, 0) is 50.7 Å². The van der Waals surface area contributed by atoms with Crippen molar-refractivity contribution in [2.24, 2.45) is 17.6 Å². The molecule has 0 radical (unpaired) electrons. The summed E-state index contributed by atoms with van der Waals surface area (Å²) in [5, 5.41) is 12.9. The maximum atomic E-state index is 13.1. The number of aliphatic carboxylic acids is 1. The molecule has 4 N–H and O–H groups in total. The Morgan fingerprint density at radius 1 is 1.03 bits per heavy atom. The Kier molecular flexibility index (Phi) is 6.88. The molecule has 0 fully saturated rings. The van der Waals surface area contributed by atoms with Crippen molar-refractivity contribution in [3.05, 3.63) is 51.4 Å². The van der Waals surface area contributed by atoms with Gasteiger partial charge in [-0.3, -0.25) is 14.4 Å². The fourth-order valence-corrected chi connectivity index (χ4v) is 5.37. The van der Waals surface area contributed by atoms with E-state index in [-0.39, 0.29) is 5.56 Å². The molecular formula is C25H30N2O4S. The highest BCUT2D eigenvalue weighted by Gasteiger charge is 2.38. The van der Waals surface area contributed by atoms with Crippen LogP contribution < -0.4 is 11.1 Å². The average molecular weight is 455 g/mol. The van der Waals surface area contributed by atoms with Gasteiger partial charge in [0.2, 0.25) is 5.91 Å². The minimum Gasteiger partial charge on any atom is -0.481 e. The van der Waals surface area contributed by atoms with Crippen LogP contribution in [0.2, 0.25) is 0 Å². The summed E-state index contributed by atoms with van der Waals surface area (Å²) >= 11 is 1.29. The predicted molar refractivity (Wildman–Crippen MR) is 128 cm³/mol. The van der Waals surface area contributed by atoms with Gasteiger partial charge in [-0.2, -0.15) is 0 Å². The molecule has 0 bridgehead atoms.